The van der Waals surface area contributed by atoms with E-state index in [-0.39, 0.29) is 0 Å². The van der Waals surface area contributed by atoms with Gasteiger partial charge < -0.3 is 10.6 Å². The molecule has 0 spiro atoms. The Morgan fingerprint density at radius 2 is 2.11 bits per heavy atom. The summed E-state index contributed by atoms with van der Waals surface area (Å²) in [5.74, 6) is 1.65. The molecule has 0 radical (unpaired) electrons. The second-order valence-corrected chi connectivity index (χ2v) is 5.93. The highest BCUT2D eigenvalue weighted by Gasteiger charge is 2.10. The lowest BCUT2D eigenvalue weighted by atomic mass is 10.3. The fourth-order valence-electron chi connectivity index (χ4n) is 1.74. The zero-order valence-electron chi connectivity index (χ0n) is 11.4. The van der Waals surface area contributed by atoms with Crippen LogP contribution in [-0.4, -0.2) is 22.6 Å². The standard InChI is InChI=1S/C13H20N4S/c1-5-6-14-13-16-11(15-8(2)3)10-7-9(4)18-12(10)17-13/h7-8H,5-6H2,1-4H3,(H2,14,15,16,17). The van der Waals surface area contributed by atoms with Gasteiger partial charge in [-0.25, -0.2) is 4.98 Å². The molecule has 0 unspecified atom stereocenters. The molecule has 4 nitrogen and oxygen atoms in total. The Balaban J connectivity index is 2.42. The lowest BCUT2D eigenvalue weighted by Gasteiger charge is -2.11. The predicted molar refractivity (Wildman–Crippen MR) is 79.7 cm³/mol. The Morgan fingerprint density at radius 3 is 2.78 bits per heavy atom. The lowest BCUT2D eigenvalue weighted by Crippen LogP contribution is -2.13. The van der Waals surface area contributed by atoms with Gasteiger partial charge in [0.05, 0.1) is 5.39 Å². The Hall–Kier alpha value is -1.36. The third-order valence-corrected chi connectivity index (χ3v) is 3.42. The van der Waals surface area contributed by atoms with Gasteiger partial charge in [-0.05, 0) is 33.3 Å². The first-order valence-electron chi connectivity index (χ1n) is 6.38. The summed E-state index contributed by atoms with van der Waals surface area (Å²) in [6.45, 7) is 9.37. The number of rotatable bonds is 5. The van der Waals surface area contributed by atoms with E-state index in [0.717, 1.165) is 29.0 Å². The van der Waals surface area contributed by atoms with E-state index in [2.05, 4.69) is 54.4 Å². The molecule has 2 aromatic heterocycles. The molecule has 0 aromatic carbocycles. The zero-order valence-corrected chi connectivity index (χ0v) is 12.2. The molecule has 0 bridgehead atoms. The largest absolute Gasteiger partial charge is 0.367 e. The highest BCUT2D eigenvalue weighted by atomic mass is 32.1. The number of hydrogen-bond donors (Lipinski definition) is 2. The van der Waals surface area contributed by atoms with Crippen molar-refractivity contribution in [3.63, 3.8) is 0 Å². The van der Waals surface area contributed by atoms with Crippen molar-refractivity contribution in [2.45, 2.75) is 40.2 Å². The summed E-state index contributed by atoms with van der Waals surface area (Å²) in [6, 6.07) is 2.51. The van der Waals surface area contributed by atoms with Crippen molar-refractivity contribution < 1.29 is 0 Å². The molecule has 0 aliphatic carbocycles. The monoisotopic (exact) mass is 264 g/mol. The SMILES string of the molecule is CCCNc1nc(NC(C)C)c2cc(C)sc2n1. The van der Waals surface area contributed by atoms with Gasteiger partial charge in [-0.15, -0.1) is 11.3 Å². The molecule has 0 aliphatic heterocycles. The van der Waals surface area contributed by atoms with Crippen LogP contribution in [0.1, 0.15) is 32.1 Å². The molecular formula is C13H20N4S. The molecule has 2 aromatic rings. The van der Waals surface area contributed by atoms with Gasteiger partial charge in [-0.3, -0.25) is 0 Å². The molecule has 0 saturated carbocycles. The first-order chi connectivity index (χ1) is 8.60. The molecular weight excluding hydrogens is 244 g/mol. The average Bonchev–Trinajstić information content (AvgIpc) is 2.66. The minimum absolute atomic E-state index is 0.363. The summed E-state index contributed by atoms with van der Waals surface area (Å²) in [4.78, 5) is 11.4. The highest BCUT2D eigenvalue weighted by molar-refractivity contribution is 7.18. The van der Waals surface area contributed by atoms with Gasteiger partial charge in [0.2, 0.25) is 5.95 Å². The smallest absolute Gasteiger partial charge is 0.226 e. The van der Waals surface area contributed by atoms with E-state index in [1.165, 1.54) is 4.88 Å². The Kier molecular flexibility index (Phi) is 4.01. The first kappa shape index (κ1) is 13.1. The van der Waals surface area contributed by atoms with Crippen molar-refractivity contribution in [1.82, 2.24) is 9.97 Å². The van der Waals surface area contributed by atoms with Crippen LogP contribution in [0.25, 0.3) is 10.2 Å². The van der Waals surface area contributed by atoms with Crippen molar-refractivity contribution in [3.05, 3.63) is 10.9 Å². The molecule has 0 saturated heterocycles. The van der Waals surface area contributed by atoms with Crippen molar-refractivity contribution in [3.8, 4) is 0 Å². The normalized spacial score (nSPS) is 11.2. The van der Waals surface area contributed by atoms with E-state index in [4.69, 9.17) is 0 Å². The molecule has 0 aliphatic rings. The fourth-order valence-corrected chi connectivity index (χ4v) is 2.62. The Morgan fingerprint density at radius 1 is 1.33 bits per heavy atom. The maximum Gasteiger partial charge on any atom is 0.226 e. The van der Waals surface area contributed by atoms with Crippen LogP contribution in [0.2, 0.25) is 0 Å². The topological polar surface area (TPSA) is 49.8 Å². The molecule has 98 valence electrons. The van der Waals surface area contributed by atoms with Crippen molar-refractivity contribution in [2.75, 3.05) is 17.2 Å². The predicted octanol–water partition coefficient (Wildman–Crippen LogP) is 3.64. The van der Waals surface area contributed by atoms with Crippen LogP contribution in [0.5, 0.6) is 0 Å². The van der Waals surface area contributed by atoms with E-state index in [1.54, 1.807) is 11.3 Å². The number of nitrogens with zero attached hydrogens (tertiary/aromatic N) is 2. The van der Waals surface area contributed by atoms with Crippen molar-refractivity contribution >= 4 is 33.3 Å². The quantitative estimate of drug-likeness (QED) is 0.865. The van der Waals surface area contributed by atoms with Crippen molar-refractivity contribution in [2.24, 2.45) is 0 Å². The van der Waals surface area contributed by atoms with E-state index in [1.807, 2.05) is 0 Å². The van der Waals surface area contributed by atoms with Gasteiger partial charge in [0.15, 0.2) is 0 Å². The number of aromatic nitrogens is 2. The van der Waals surface area contributed by atoms with Crippen LogP contribution in [0.15, 0.2) is 6.07 Å². The van der Waals surface area contributed by atoms with Crippen LogP contribution in [-0.2, 0) is 0 Å². The van der Waals surface area contributed by atoms with Crippen LogP contribution in [0, 0.1) is 6.92 Å². The number of thiophene rings is 1. The first-order valence-corrected chi connectivity index (χ1v) is 7.20. The number of nitrogens with one attached hydrogen (secondary N) is 2. The summed E-state index contributed by atoms with van der Waals surface area (Å²) in [5, 5.41) is 7.77. The van der Waals surface area contributed by atoms with E-state index in [0.29, 0.717) is 12.0 Å². The molecule has 0 fully saturated rings. The van der Waals surface area contributed by atoms with Gasteiger partial charge in [-0.1, -0.05) is 6.92 Å². The third-order valence-electron chi connectivity index (χ3n) is 2.47. The van der Waals surface area contributed by atoms with Crippen LogP contribution >= 0.6 is 11.3 Å². The highest BCUT2D eigenvalue weighted by Crippen LogP contribution is 2.29. The summed E-state index contributed by atoms with van der Waals surface area (Å²) in [5.41, 5.74) is 0. The summed E-state index contributed by atoms with van der Waals surface area (Å²) < 4.78 is 0. The Bertz CT molecular complexity index is 533. The van der Waals surface area contributed by atoms with Crippen LogP contribution < -0.4 is 10.6 Å². The van der Waals surface area contributed by atoms with E-state index >= 15 is 0 Å². The minimum Gasteiger partial charge on any atom is -0.367 e. The van der Waals surface area contributed by atoms with E-state index in [9.17, 15) is 0 Å². The second kappa shape index (κ2) is 5.52. The lowest BCUT2D eigenvalue weighted by molar-refractivity contribution is 0.888. The van der Waals surface area contributed by atoms with E-state index < -0.39 is 0 Å². The molecule has 2 heterocycles. The molecule has 18 heavy (non-hydrogen) atoms. The van der Waals surface area contributed by atoms with Gasteiger partial charge >= 0.3 is 0 Å². The van der Waals surface area contributed by atoms with Gasteiger partial charge in [0.25, 0.3) is 0 Å². The maximum absolute atomic E-state index is 4.57. The second-order valence-electron chi connectivity index (χ2n) is 4.70. The molecule has 0 atom stereocenters. The summed E-state index contributed by atoms with van der Waals surface area (Å²) in [6.07, 6.45) is 1.07. The number of fused-ring (bicyclic) bond motifs is 1. The third kappa shape index (κ3) is 2.90. The molecule has 5 heteroatoms. The summed E-state index contributed by atoms with van der Waals surface area (Å²) in [7, 11) is 0. The zero-order chi connectivity index (χ0) is 13.1. The molecule has 0 amide bonds. The number of aryl methyl sites for hydroxylation is 1. The maximum atomic E-state index is 4.57. The van der Waals surface area contributed by atoms with Gasteiger partial charge in [-0.2, -0.15) is 4.98 Å². The number of anilines is 2. The summed E-state index contributed by atoms with van der Waals surface area (Å²) >= 11 is 1.71. The minimum atomic E-state index is 0.363. The number of hydrogen-bond acceptors (Lipinski definition) is 5. The molecule has 2 rings (SSSR count). The van der Waals surface area contributed by atoms with Gasteiger partial charge in [0.1, 0.15) is 10.6 Å². The van der Waals surface area contributed by atoms with Gasteiger partial charge in [0, 0.05) is 17.5 Å². The molecule has 2 N–H and O–H groups in total. The van der Waals surface area contributed by atoms with Crippen LogP contribution in [0.4, 0.5) is 11.8 Å². The van der Waals surface area contributed by atoms with Crippen molar-refractivity contribution in [1.29, 1.82) is 0 Å². The fraction of sp³-hybridized carbons (Fsp3) is 0.538. The van der Waals surface area contributed by atoms with Crippen LogP contribution in [0.3, 0.4) is 0 Å². The Labute approximate surface area is 112 Å². The average molecular weight is 264 g/mol.